The van der Waals surface area contributed by atoms with Crippen molar-refractivity contribution in [2.24, 2.45) is 0 Å². The van der Waals surface area contributed by atoms with Crippen molar-refractivity contribution in [3.8, 4) is 11.5 Å². The van der Waals surface area contributed by atoms with Crippen LogP contribution in [0.5, 0.6) is 11.5 Å². The molecule has 0 unspecified atom stereocenters. The molecule has 0 fully saturated rings. The second-order valence-corrected chi connectivity index (χ2v) is 8.77. The van der Waals surface area contributed by atoms with Crippen molar-refractivity contribution in [2.75, 3.05) is 0 Å². The first-order valence-corrected chi connectivity index (χ1v) is 9.43. The van der Waals surface area contributed by atoms with E-state index in [2.05, 4.69) is 39.8 Å². The topological polar surface area (TPSA) is 46.5 Å². The Bertz CT molecular complexity index is 886. The third-order valence-corrected chi connectivity index (χ3v) is 5.71. The molecule has 0 saturated heterocycles. The molecule has 3 rings (SSSR count). The Hall–Kier alpha value is -2.55. The largest absolute Gasteiger partial charge is 0.478 e. The number of carboxylic acid groups (broad SMARTS) is 1. The summed E-state index contributed by atoms with van der Waals surface area (Å²) in [7, 11) is 0. The van der Waals surface area contributed by atoms with Crippen molar-refractivity contribution in [1.29, 1.82) is 0 Å². The van der Waals surface area contributed by atoms with Gasteiger partial charge >= 0.3 is 5.97 Å². The highest BCUT2D eigenvalue weighted by Crippen LogP contribution is 2.47. The number of benzene rings is 2. The summed E-state index contributed by atoms with van der Waals surface area (Å²) in [6, 6.07) is 14.0. The van der Waals surface area contributed by atoms with Gasteiger partial charge in [-0.3, -0.25) is 0 Å². The van der Waals surface area contributed by atoms with Crippen LogP contribution in [0.1, 0.15) is 64.2 Å². The van der Waals surface area contributed by atoms with E-state index in [4.69, 9.17) is 9.84 Å². The van der Waals surface area contributed by atoms with Gasteiger partial charge in [0, 0.05) is 6.08 Å². The standard InChI is InChI=1S/C24H28O3/c1-16(14-22(25)26)17-6-8-18(9-7-17)27-19-10-11-20-21(15-19)24(4,5)13-12-23(20,2)3/h6-11,14-15H,12-13H2,1-5H3,(H,25,26). The minimum Gasteiger partial charge on any atom is -0.478 e. The van der Waals surface area contributed by atoms with Crippen LogP contribution in [0.25, 0.3) is 5.57 Å². The van der Waals surface area contributed by atoms with Crippen LogP contribution in [-0.4, -0.2) is 11.1 Å². The number of fused-ring (bicyclic) bond motifs is 1. The molecule has 3 nitrogen and oxygen atoms in total. The zero-order chi connectivity index (χ0) is 19.8. The van der Waals surface area contributed by atoms with Crippen LogP contribution in [0, 0.1) is 0 Å². The van der Waals surface area contributed by atoms with Crippen LogP contribution in [0.3, 0.4) is 0 Å². The molecule has 0 atom stereocenters. The van der Waals surface area contributed by atoms with Crippen molar-refractivity contribution in [3.05, 3.63) is 65.2 Å². The molecule has 0 bridgehead atoms. The van der Waals surface area contributed by atoms with Gasteiger partial charge in [0.2, 0.25) is 0 Å². The van der Waals surface area contributed by atoms with Crippen molar-refractivity contribution in [3.63, 3.8) is 0 Å². The Morgan fingerprint density at radius 1 is 0.926 bits per heavy atom. The van der Waals surface area contributed by atoms with Gasteiger partial charge in [-0.1, -0.05) is 45.9 Å². The normalized spacial score (nSPS) is 17.9. The number of allylic oxidation sites excluding steroid dienone is 1. The number of aliphatic carboxylic acids is 1. The smallest absolute Gasteiger partial charge is 0.328 e. The molecule has 1 aliphatic rings. The van der Waals surface area contributed by atoms with Gasteiger partial charge in [-0.05, 0) is 77.1 Å². The molecule has 0 saturated carbocycles. The number of carbonyl (C=O) groups is 1. The fourth-order valence-electron chi connectivity index (χ4n) is 3.82. The fourth-order valence-corrected chi connectivity index (χ4v) is 3.82. The molecule has 0 spiro atoms. The zero-order valence-corrected chi connectivity index (χ0v) is 16.8. The van der Waals surface area contributed by atoms with E-state index in [0.29, 0.717) is 5.57 Å². The summed E-state index contributed by atoms with van der Waals surface area (Å²) in [4.78, 5) is 10.8. The number of rotatable bonds is 4. The Balaban J connectivity index is 1.86. The molecule has 0 radical (unpaired) electrons. The lowest BCUT2D eigenvalue weighted by Gasteiger charge is -2.41. The molecular weight excluding hydrogens is 336 g/mol. The van der Waals surface area contributed by atoms with E-state index in [9.17, 15) is 4.79 Å². The maximum atomic E-state index is 10.8. The second kappa shape index (κ2) is 6.88. The molecule has 1 aliphatic carbocycles. The molecule has 0 amide bonds. The Labute approximate surface area is 161 Å². The predicted molar refractivity (Wildman–Crippen MR) is 110 cm³/mol. The molecule has 142 valence electrons. The maximum absolute atomic E-state index is 10.8. The van der Waals surface area contributed by atoms with Gasteiger partial charge in [-0.2, -0.15) is 0 Å². The van der Waals surface area contributed by atoms with Gasteiger partial charge in [-0.25, -0.2) is 4.79 Å². The van der Waals surface area contributed by atoms with Crippen LogP contribution in [0.15, 0.2) is 48.5 Å². The summed E-state index contributed by atoms with van der Waals surface area (Å²) >= 11 is 0. The van der Waals surface area contributed by atoms with Crippen LogP contribution in [-0.2, 0) is 15.6 Å². The molecule has 0 aliphatic heterocycles. The van der Waals surface area contributed by atoms with E-state index in [1.54, 1.807) is 6.92 Å². The molecular formula is C24H28O3. The first kappa shape index (κ1) is 19.2. The van der Waals surface area contributed by atoms with Crippen LogP contribution in [0.4, 0.5) is 0 Å². The van der Waals surface area contributed by atoms with Gasteiger partial charge < -0.3 is 9.84 Å². The molecule has 0 aromatic heterocycles. The van der Waals surface area contributed by atoms with E-state index in [1.165, 1.54) is 30.0 Å². The summed E-state index contributed by atoms with van der Waals surface area (Å²) in [5.41, 5.74) is 4.71. The third kappa shape index (κ3) is 4.08. The molecule has 3 heteroatoms. The summed E-state index contributed by atoms with van der Waals surface area (Å²) in [5, 5.41) is 8.87. The van der Waals surface area contributed by atoms with E-state index < -0.39 is 5.97 Å². The highest BCUT2D eigenvalue weighted by molar-refractivity contribution is 5.89. The van der Waals surface area contributed by atoms with E-state index >= 15 is 0 Å². The van der Waals surface area contributed by atoms with E-state index in [1.807, 2.05) is 30.3 Å². The van der Waals surface area contributed by atoms with Crippen molar-refractivity contribution >= 4 is 11.5 Å². The lowest BCUT2D eigenvalue weighted by atomic mass is 9.63. The average Bonchev–Trinajstić information content (AvgIpc) is 2.59. The van der Waals surface area contributed by atoms with Gasteiger partial charge in [0.15, 0.2) is 0 Å². The summed E-state index contributed by atoms with van der Waals surface area (Å²) in [6.07, 6.45) is 3.57. The van der Waals surface area contributed by atoms with Crippen molar-refractivity contribution in [1.82, 2.24) is 0 Å². The van der Waals surface area contributed by atoms with Crippen molar-refractivity contribution in [2.45, 2.75) is 58.3 Å². The van der Waals surface area contributed by atoms with Gasteiger partial charge in [0.25, 0.3) is 0 Å². The van der Waals surface area contributed by atoms with Crippen LogP contribution < -0.4 is 4.74 Å². The zero-order valence-electron chi connectivity index (χ0n) is 16.8. The molecule has 0 heterocycles. The quantitative estimate of drug-likeness (QED) is 0.646. The SMILES string of the molecule is CC(=CC(=O)O)c1ccc(Oc2ccc3c(c2)C(C)(C)CCC3(C)C)cc1. The minimum absolute atomic E-state index is 0.146. The van der Waals surface area contributed by atoms with Crippen LogP contribution >= 0.6 is 0 Å². The predicted octanol–water partition coefficient (Wildman–Crippen LogP) is 6.32. The Morgan fingerprint density at radius 2 is 1.48 bits per heavy atom. The highest BCUT2D eigenvalue weighted by Gasteiger charge is 2.37. The third-order valence-electron chi connectivity index (χ3n) is 5.71. The van der Waals surface area contributed by atoms with E-state index in [0.717, 1.165) is 17.1 Å². The maximum Gasteiger partial charge on any atom is 0.328 e. The van der Waals surface area contributed by atoms with Gasteiger partial charge in [0.05, 0.1) is 0 Å². The number of carboxylic acids is 1. The summed E-state index contributed by atoms with van der Waals surface area (Å²) in [5.74, 6) is 0.646. The monoisotopic (exact) mass is 364 g/mol. The Morgan fingerprint density at radius 3 is 2.07 bits per heavy atom. The minimum atomic E-state index is -0.938. The van der Waals surface area contributed by atoms with Gasteiger partial charge in [0.1, 0.15) is 11.5 Å². The number of hydrogen-bond acceptors (Lipinski definition) is 2. The summed E-state index contributed by atoms with van der Waals surface area (Å²) in [6.45, 7) is 11.0. The molecule has 2 aromatic rings. The number of hydrogen-bond donors (Lipinski definition) is 1. The fraction of sp³-hybridized carbons (Fsp3) is 0.375. The highest BCUT2D eigenvalue weighted by atomic mass is 16.5. The van der Waals surface area contributed by atoms with Gasteiger partial charge in [-0.15, -0.1) is 0 Å². The van der Waals surface area contributed by atoms with Crippen LogP contribution in [0.2, 0.25) is 0 Å². The van der Waals surface area contributed by atoms with Crippen molar-refractivity contribution < 1.29 is 14.6 Å². The van der Waals surface area contributed by atoms with E-state index in [-0.39, 0.29) is 10.8 Å². The number of ether oxygens (including phenoxy) is 1. The lowest BCUT2D eigenvalue weighted by molar-refractivity contribution is -0.131. The molecule has 27 heavy (non-hydrogen) atoms. The average molecular weight is 364 g/mol. The first-order valence-electron chi connectivity index (χ1n) is 9.43. The summed E-state index contributed by atoms with van der Waals surface area (Å²) < 4.78 is 6.09. The molecule has 2 aromatic carbocycles. The lowest BCUT2D eigenvalue weighted by Crippen LogP contribution is -2.33. The first-order chi connectivity index (χ1) is 12.6. The molecule has 1 N–H and O–H groups in total. The Kier molecular flexibility index (Phi) is 4.90. The second-order valence-electron chi connectivity index (χ2n) is 8.77.